The van der Waals surface area contributed by atoms with Gasteiger partial charge in [-0.2, -0.15) is 13.2 Å². The molecule has 2 N–H and O–H groups in total. The maximum absolute atomic E-state index is 13.2. The Labute approximate surface area is 148 Å². The molecule has 26 heavy (non-hydrogen) atoms. The third-order valence-corrected chi connectivity index (χ3v) is 4.16. The minimum Gasteiger partial charge on any atom is -0.481 e. The minimum atomic E-state index is -4.69. The predicted molar refractivity (Wildman–Crippen MR) is 86.8 cm³/mol. The van der Waals surface area contributed by atoms with Gasteiger partial charge in [-0.1, -0.05) is 0 Å². The molecule has 2 amide bonds. The largest absolute Gasteiger partial charge is 0.481 e. The SMILES string of the molecule is CC(C)(CNC(=O)c1cc(N2CCCC2=O)cc(C(F)(F)F)c1)C(=O)O. The van der Waals surface area contributed by atoms with Gasteiger partial charge in [0.2, 0.25) is 5.91 Å². The van der Waals surface area contributed by atoms with E-state index in [1.165, 1.54) is 24.8 Å². The van der Waals surface area contributed by atoms with Crippen LogP contribution in [0.2, 0.25) is 0 Å². The molecule has 0 spiro atoms. The fourth-order valence-corrected chi connectivity index (χ4v) is 2.46. The summed E-state index contributed by atoms with van der Waals surface area (Å²) >= 11 is 0. The molecule has 0 saturated carbocycles. The highest BCUT2D eigenvalue weighted by molar-refractivity contribution is 5.99. The Bertz CT molecular complexity index is 744. The van der Waals surface area contributed by atoms with Gasteiger partial charge in [-0.05, 0) is 38.5 Å². The number of benzene rings is 1. The lowest BCUT2D eigenvalue weighted by Gasteiger charge is -2.21. The average molecular weight is 372 g/mol. The third kappa shape index (κ3) is 4.33. The molecule has 0 radical (unpaired) electrons. The molecule has 1 fully saturated rings. The molecule has 142 valence electrons. The monoisotopic (exact) mass is 372 g/mol. The van der Waals surface area contributed by atoms with Crippen molar-refractivity contribution in [3.05, 3.63) is 29.3 Å². The quantitative estimate of drug-likeness (QED) is 0.832. The molecule has 2 rings (SSSR count). The van der Waals surface area contributed by atoms with E-state index < -0.39 is 29.0 Å². The Kier molecular flexibility index (Phi) is 5.29. The molecule has 0 aliphatic carbocycles. The second-order valence-corrected chi connectivity index (χ2v) is 6.79. The highest BCUT2D eigenvalue weighted by Crippen LogP contribution is 2.34. The zero-order valence-corrected chi connectivity index (χ0v) is 14.3. The number of nitrogens with one attached hydrogen (secondary N) is 1. The summed E-state index contributed by atoms with van der Waals surface area (Å²) in [5, 5.41) is 11.4. The maximum Gasteiger partial charge on any atom is 0.416 e. The van der Waals surface area contributed by atoms with Gasteiger partial charge in [0, 0.05) is 30.8 Å². The van der Waals surface area contributed by atoms with Crippen molar-refractivity contribution in [1.82, 2.24) is 5.32 Å². The normalized spacial score (nSPS) is 15.3. The van der Waals surface area contributed by atoms with Gasteiger partial charge >= 0.3 is 12.1 Å². The summed E-state index contributed by atoms with van der Waals surface area (Å²) in [6.07, 6.45) is -3.91. The van der Waals surface area contributed by atoms with Crippen LogP contribution in [0.1, 0.15) is 42.6 Å². The molecule has 0 bridgehead atoms. The first kappa shape index (κ1) is 19.7. The van der Waals surface area contributed by atoms with Crippen LogP contribution in [0.3, 0.4) is 0 Å². The van der Waals surface area contributed by atoms with E-state index in [4.69, 9.17) is 5.11 Å². The van der Waals surface area contributed by atoms with Gasteiger partial charge in [0.25, 0.3) is 5.91 Å². The standard InChI is InChI=1S/C17H19F3N2O4/c1-16(2,15(25)26)9-21-14(24)10-6-11(17(18,19)20)8-12(7-10)22-5-3-4-13(22)23/h6-8H,3-5,9H2,1-2H3,(H,21,24)(H,25,26). The molecule has 1 aliphatic rings. The van der Waals surface area contributed by atoms with Crippen LogP contribution in [-0.2, 0) is 15.8 Å². The highest BCUT2D eigenvalue weighted by atomic mass is 19.4. The summed E-state index contributed by atoms with van der Waals surface area (Å²) in [4.78, 5) is 36.4. The van der Waals surface area contributed by atoms with Crippen molar-refractivity contribution >= 4 is 23.5 Å². The van der Waals surface area contributed by atoms with E-state index in [0.717, 1.165) is 6.07 Å². The average Bonchev–Trinajstić information content (AvgIpc) is 2.97. The molecule has 1 saturated heterocycles. The van der Waals surface area contributed by atoms with E-state index >= 15 is 0 Å². The van der Waals surface area contributed by atoms with Crippen LogP contribution < -0.4 is 10.2 Å². The summed E-state index contributed by atoms with van der Waals surface area (Å²) < 4.78 is 39.5. The number of carbonyl (C=O) groups is 3. The lowest BCUT2D eigenvalue weighted by Crippen LogP contribution is -2.39. The Balaban J connectivity index is 2.33. The van der Waals surface area contributed by atoms with E-state index in [1.807, 2.05) is 0 Å². The first-order chi connectivity index (χ1) is 11.9. The van der Waals surface area contributed by atoms with E-state index in [0.29, 0.717) is 12.5 Å². The Morgan fingerprint density at radius 2 is 1.88 bits per heavy atom. The molecular formula is C17H19F3N2O4. The van der Waals surface area contributed by atoms with Gasteiger partial charge in [0.05, 0.1) is 11.0 Å². The zero-order chi connectivity index (χ0) is 19.7. The topological polar surface area (TPSA) is 86.7 Å². The van der Waals surface area contributed by atoms with Crippen molar-refractivity contribution in [2.24, 2.45) is 5.41 Å². The summed E-state index contributed by atoms with van der Waals surface area (Å²) in [6.45, 7) is 2.80. The van der Waals surface area contributed by atoms with Crippen LogP contribution in [0.4, 0.5) is 18.9 Å². The number of anilines is 1. The van der Waals surface area contributed by atoms with E-state index in [9.17, 15) is 27.6 Å². The molecule has 0 atom stereocenters. The van der Waals surface area contributed by atoms with Crippen molar-refractivity contribution in [1.29, 1.82) is 0 Å². The lowest BCUT2D eigenvalue weighted by atomic mass is 9.94. The molecule has 6 nitrogen and oxygen atoms in total. The van der Waals surface area contributed by atoms with Crippen molar-refractivity contribution in [2.45, 2.75) is 32.9 Å². The van der Waals surface area contributed by atoms with Gasteiger partial charge in [-0.3, -0.25) is 14.4 Å². The van der Waals surface area contributed by atoms with E-state index in [2.05, 4.69) is 5.32 Å². The van der Waals surface area contributed by atoms with Crippen LogP contribution in [0, 0.1) is 5.41 Å². The zero-order valence-electron chi connectivity index (χ0n) is 14.3. The van der Waals surface area contributed by atoms with Crippen LogP contribution in [-0.4, -0.2) is 36.0 Å². The number of rotatable bonds is 5. The van der Waals surface area contributed by atoms with Crippen molar-refractivity contribution in [2.75, 3.05) is 18.0 Å². The van der Waals surface area contributed by atoms with Crippen LogP contribution in [0.25, 0.3) is 0 Å². The Hall–Kier alpha value is -2.58. The lowest BCUT2D eigenvalue weighted by molar-refractivity contribution is -0.146. The number of carboxylic acid groups (broad SMARTS) is 1. The number of hydrogen-bond acceptors (Lipinski definition) is 3. The Morgan fingerprint density at radius 1 is 1.23 bits per heavy atom. The number of alkyl halides is 3. The number of hydrogen-bond donors (Lipinski definition) is 2. The fourth-order valence-electron chi connectivity index (χ4n) is 2.46. The van der Waals surface area contributed by atoms with Crippen molar-refractivity contribution < 1.29 is 32.7 Å². The third-order valence-electron chi connectivity index (χ3n) is 4.16. The molecular weight excluding hydrogens is 353 g/mol. The summed E-state index contributed by atoms with van der Waals surface area (Å²) in [7, 11) is 0. The van der Waals surface area contributed by atoms with Crippen molar-refractivity contribution in [3.8, 4) is 0 Å². The predicted octanol–water partition coefficient (Wildman–Crippen LogP) is 2.67. The number of aliphatic carboxylic acids is 1. The highest BCUT2D eigenvalue weighted by Gasteiger charge is 2.34. The van der Waals surface area contributed by atoms with Crippen LogP contribution in [0.5, 0.6) is 0 Å². The molecule has 0 unspecified atom stereocenters. The van der Waals surface area contributed by atoms with Gasteiger partial charge in [0.1, 0.15) is 0 Å². The number of nitrogens with zero attached hydrogens (tertiary/aromatic N) is 1. The van der Waals surface area contributed by atoms with Crippen LogP contribution >= 0.6 is 0 Å². The molecule has 9 heteroatoms. The summed E-state index contributed by atoms with van der Waals surface area (Å²) in [5.41, 5.74) is -2.59. The first-order valence-corrected chi connectivity index (χ1v) is 7.96. The van der Waals surface area contributed by atoms with E-state index in [-0.39, 0.29) is 36.7 Å². The van der Waals surface area contributed by atoms with Gasteiger partial charge in [0.15, 0.2) is 0 Å². The Morgan fingerprint density at radius 3 is 2.38 bits per heavy atom. The van der Waals surface area contributed by atoms with Gasteiger partial charge in [-0.15, -0.1) is 0 Å². The molecule has 1 aromatic carbocycles. The van der Waals surface area contributed by atoms with Gasteiger partial charge < -0.3 is 15.3 Å². The number of carbonyl (C=O) groups excluding carboxylic acids is 2. The summed E-state index contributed by atoms with van der Waals surface area (Å²) in [5.74, 6) is -2.29. The van der Waals surface area contributed by atoms with E-state index in [1.54, 1.807) is 0 Å². The molecule has 1 heterocycles. The second-order valence-electron chi connectivity index (χ2n) is 6.79. The molecule has 0 aromatic heterocycles. The second kappa shape index (κ2) is 6.97. The minimum absolute atomic E-state index is 0.00460. The fraction of sp³-hybridized carbons (Fsp3) is 0.471. The molecule has 1 aliphatic heterocycles. The van der Waals surface area contributed by atoms with Crippen LogP contribution in [0.15, 0.2) is 18.2 Å². The summed E-state index contributed by atoms with van der Waals surface area (Å²) in [6, 6.07) is 2.73. The maximum atomic E-state index is 13.2. The smallest absolute Gasteiger partial charge is 0.416 e. The molecule has 1 aromatic rings. The van der Waals surface area contributed by atoms with Crippen molar-refractivity contribution in [3.63, 3.8) is 0 Å². The first-order valence-electron chi connectivity index (χ1n) is 7.96. The van der Waals surface area contributed by atoms with Gasteiger partial charge in [-0.25, -0.2) is 0 Å². The number of carboxylic acids is 1. The number of amides is 2. The number of halogens is 3.